The fourth-order valence-corrected chi connectivity index (χ4v) is 0. The third-order valence-corrected chi connectivity index (χ3v) is 0.408. The molecular formula is C3H9B. The van der Waals surface area contributed by atoms with Crippen molar-refractivity contribution in [1.82, 2.24) is 0 Å². The zero-order valence-electron chi connectivity index (χ0n) is 4.28. The van der Waals surface area contributed by atoms with Crippen molar-refractivity contribution in [1.29, 1.82) is 1.34 Å². The molecule has 0 N–H and O–H groups in total. The predicted molar refractivity (Wildman–Crippen MR) is 23.5 cm³/mol. The van der Waals surface area contributed by atoms with E-state index in [0.29, 0.717) is 0 Å². The van der Waals surface area contributed by atoms with Gasteiger partial charge in [-0.1, -0.05) is 20.1 Å². The minimum atomic E-state index is 0.134. The summed E-state index contributed by atoms with van der Waals surface area (Å²) in [4.78, 5) is 0. The molecule has 4 heavy (non-hydrogen) atoms. The van der Waals surface area contributed by atoms with E-state index in [9.17, 15) is 0 Å². The van der Waals surface area contributed by atoms with Gasteiger partial charge in [-0.15, -0.1) is 0 Å². The summed E-state index contributed by atoms with van der Waals surface area (Å²) in [6, 6.07) is 0. The Morgan fingerprint density at radius 1 is 2.25 bits per heavy atom. The largest absolute Gasteiger partial charge is 0.117 e. The van der Waals surface area contributed by atoms with Crippen LogP contribution in [0.2, 0.25) is 13.1 Å². The van der Waals surface area contributed by atoms with Crippen LogP contribution in [0.1, 0.15) is 6.92 Å². The van der Waals surface area contributed by atoms with Gasteiger partial charge in [0.1, 0.15) is 7.24 Å². The SMILES string of the molecule is [3H]B(C)CC. The van der Waals surface area contributed by atoms with Gasteiger partial charge >= 0.3 is 0 Å². The molecule has 0 atom stereocenters. The summed E-state index contributed by atoms with van der Waals surface area (Å²) in [6.07, 6.45) is 0.972. The van der Waals surface area contributed by atoms with Gasteiger partial charge in [0.05, 0.1) is 0 Å². The van der Waals surface area contributed by atoms with Crippen LogP contribution in [-0.4, -0.2) is 8.58 Å². The van der Waals surface area contributed by atoms with E-state index in [1.165, 1.54) is 0 Å². The lowest BCUT2D eigenvalue weighted by atomic mass is 9.79. The summed E-state index contributed by atoms with van der Waals surface area (Å²) in [6.45, 7) is 3.90. The van der Waals surface area contributed by atoms with Crippen LogP contribution in [0.25, 0.3) is 0 Å². The Morgan fingerprint density at radius 3 is 2.50 bits per heavy atom. The smallest absolute Gasteiger partial charge is 0.0893 e. The lowest BCUT2D eigenvalue weighted by molar-refractivity contribution is 1.45. The first kappa shape index (κ1) is 2.31. The molecule has 0 aliphatic heterocycles. The molecule has 0 amide bonds. The van der Waals surface area contributed by atoms with Crippen molar-refractivity contribution < 1.29 is 0 Å². The Kier molecular flexibility index (Phi) is 1.77. The zero-order valence-corrected chi connectivity index (χ0v) is 3.28. The highest BCUT2D eigenvalue weighted by Gasteiger charge is 1.61. The van der Waals surface area contributed by atoms with Crippen molar-refractivity contribution in [2.75, 3.05) is 0 Å². The quantitative estimate of drug-likeness (QED) is 0.393. The highest BCUT2D eigenvalue weighted by atomic mass is 13.3. The van der Waals surface area contributed by atoms with Crippen LogP contribution < -0.4 is 0 Å². The van der Waals surface area contributed by atoms with Gasteiger partial charge in [-0.2, -0.15) is 0 Å². The second-order valence-electron chi connectivity index (χ2n) is 0.816. The van der Waals surface area contributed by atoms with Gasteiger partial charge in [0.15, 0.2) is 0 Å². The Hall–Kier alpha value is 0.0649. The molecule has 0 saturated carbocycles. The molecule has 1 heteroatoms. The van der Waals surface area contributed by atoms with E-state index < -0.39 is 0 Å². The van der Waals surface area contributed by atoms with Crippen LogP contribution in [0, 0.1) is 0 Å². The average molecular weight is 57.9 g/mol. The van der Waals surface area contributed by atoms with Gasteiger partial charge in [-0.05, 0) is 1.34 Å². The zero-order chi connectivity index (χ0) is 4.28. The first-order chi connectivity index (χ1) is 2.27. The molecule has 0 nitrogen and oxygen atoms in total. The molecule has 0 aliphatic rings. The topological polar surface area (TPSA) is 0 Å². The molecule has 0 aromatic rings. The molecule has 0 fully saturated rings. The summed E-state index contributed by atoms with van der Waals surface area (Å²) in [5, 5.41) is 0. The van der Waals surface area contributed by atoms with Crippen molar-refractivity contribution in [3.8, 4) is 0 Å². The Balaban J connectivity index is 2.54. The Morgan fingerprint density at radius 2 is 2.50 bits per heavy atom. The molecule has 0 spiro atoms. The molecule has 0 saturated heterocycles. The average Bonchev–Trinajstić information content (AvgIpc) is 1.38. The van der Waals surface area contributed by atoms with Crippen LogP contribution in [0.5, 0.6) is 0 Å². The number of hydrogen-bond acceptors (Lipinski definition) is 0. The third kappa shape index (κ3) is 2.06. The van der Waals surface area contributed by atoms with Crippen molar-refractivity contribution >= 4 is 7.24 Å². The minimum Gasteiger partial charge on any atom is -0.0893 e. The Labute approximate surface area is 29.8 Å². The third-order valence-electron chi connectivity index (χ3n) is 0.408. The second-order valence-corrected chi connectivity index (χ2v) is 0.816. The summed E-state index contributed by atoms with van der Waals surface area (Å²) in [5.74, 6) is 0. The number of rotatable bonds is 1. The summed E-state index contributed by atoms with van der Waals surface area (Å²) in [7, 11) is 0.134. The maximum absolute atomic E-state index is 6.83. The molecule has 0 aromatic carbocycles. The fourth-order valence-electron chi connectivity index (χ4n) is 0. The van der Waals surface area contributed by atoms with Crippen molar-refractivity contribution in [3.63, 3.8) is 0 Å². The second kappa shape index (κ2) is 3.06. The molecule has 0 rings (SSSR count). The van der Waals surface area contributed by atoms with Gasteiger partial charge in [0.25, 0.3) is 0 Å². The maximum atomic E-state index is 6.83. The van der Waals surface area contributed by atoms with Crippen molar-refractivity contribution in [2.24, 2.45) is 0 Å². The fraction of sp³-hybridized carbons (Fsp3) is 1.00. The lowest BCUT2D eigenvalue weighted by Gasteiger charge is -1.63. The van der Waals surface area contributed by atoms with E-state index in [2.05, 4.69) is 0 Å². The molecule has 0 unspecified atom stereocenters. The normalized spacial score (nSPS) is 10.0. The first-order valence-electron chi connectivity index (χ1n) is 2.27. The Bertz CT molecular complexity index is 20.9. The van der Waals surface area contributed by atoms with E-state index in [0.717, 1.165) is 6.32 Å². The molecular weight excluding hydrogens is 46.8 g/mol. The molecule has 0 radical (unpaired) electrons. The van der Waals surface area contributed by atoms with E-state index in [-0.39, 0.29) is 7.24 Å². The van der Waals surface area contributed by atoms with Gasteiger partial charge in [0.2, 0.25) is 0 Å². The van der Waals surface area contributed by atoms with Crippen LogP contribution in [0.4, 0.5) is 0 Å². The first-order valence-corrected chi connectivity index (χ1v) is 1.69. The van der Waals surface area contributed by atoms with Crippen molar-refractivity contribution in [3.05, 3.63) is 0 Å². The van der Waals surface area contributed by atoms with Crippen LogP contribution in [0.15, 0.2) is 0 Å². The predicted octanol–water partition coefficient (Wildman–Crippen LogP) is 0.909. The summed E-state index contributed by atoms with van der Waals surface area (Å²) >= 11 is 0. The lowest BCUT2D eigenvalue weighted by Crippen LogP contribution is -1.67. The van der Waals surface area contributed by atoms with Crippen molar-refractivity contribution in [2.45, 2.75) is 20.1 Å². The molecule has 0 bridgehead atoms. The highest BCUT2D eigenvalue weighted by Crippen LogP contribution is 1.64. The molecule has 0 heterocycles. The molecule has 0 aliphatic carbocycles. The van der Waals surface area contributed by atoms with Gasteiger partial charge in [-0.25, -0.2) is 0 Å². The van der Waals surface area contributed by atoms with Crippen LogP contribution >= 0.6 is 0 Å². The summed E-state index contributed by atoms with van der Waals surface area (Å²) < 4.78 is 6.83. The molecule has 0 aromatic heterocycles. The van der Waals surface area contributed by atoms with E-state index in [4.69, 9.17) is 1.34 Å². The van der Waals surface area contributed by atoms with Gasteiger partial charge < -0.3 is 0 Å². The van der Waals surface area contributed by atoms with Crippen LogP contribution in [-0.2, 0) is 0 Å². The van der Waals surface area contributed by atoms with E-state index in [1.807, 2.05) is 13.7 Å². The van der Waals surface area contributed by atoms with Gasteiger partial charge in [0, 0.05) is 0 Å². The highest BCUT2D eigenvalue weighted by molar-refractivity contribution is 6.33. The van der Waals surface area contributed by atoms with E-state index >= 15 is 0 Å². The molecule has 24 valence electrons. The standard InChI is InChI=1S/C3H9B/c1-3-4-2/h4H,3H2,1-2H3/i4T. The monoisotopic (exact) mass is 58.1 g/mol. The summed E-state index contributed by atoms with van der Waals surface area (Å²) in [5.41, 5.74) is 0. The van der Waals surface area contributed by atoms with Gasteiger partial charge in [-0.3, -0.25) is 0 Å². The minimum absolute atomic E-state index is 0.134. The van der Waals surface area contributed by atoms with E-state index in [1.54, 1.807) is 0 Å². The maximum Gasteiger partial charge on any atom is 0.117 e. The number of hydrogen-bond donors (Lipinski definition) is 0. The van der Waals surface area contributed by atoms with Crippen LogP contribution in [0.3, 0.4) is 0 Å².